The molecule has 4 aliphatic rings. The minimum absolute atomic E-state index is 0.0156. The Balaban J connectivity index is 1.50. The van der Waals surface area contributed by atoms with Crippen LogP contribution in [0, 0.1) is 11.8 Å². The molecule has 3 amide bonds. The molecule has 5 rings (SSSR count). The van der Waals surface area contributed by atoms with Crippen LogP contribution in [0.2, 0.25) is 0 Å². The van der Waals surface area contributed by atoms with Gasteiger partial charge in [-0.05, 0) is 57.1 Å². The highest BCUT2D eigenvalue weighted by molar-refractivity contribution is 8.02. The second-order valence-electron chi connectivity index (χ2n) is 12.0. The van der Waals surface area contributed by atoms with Crippen LogP contribution >= 0.6 is 11.8 Å². The first-order chi connectivity index (χ1) is 20.0. The van der Waals surface area contributed by atoms with Crippen LogP contribution in [0.15, 0.2) is 55.6 Å². The number of thioether (sulfide) groups is 1. The van der Waals surface area contributed by atoms with E-state index < -0.39 is 22.6 Å². The Kier molecular flexibility index (Phi) is 9.59. The summed E-state index contributed by atoms with van der Waals surface area (Å²) in [6.07, 6.45) is 12.7. The zero-order chi connectivity index (χ0) is 29.0. The van der Waals surface area contributed by atoms with Gasteiger partial charge in [0.25, 0.3) is 0 Å². The van der Waals surface area contributed by atoms with E-state index in [0.29, 0.717) is 26.1 Å². The van der Waals surface area contributed by atoms with Gasteiger partial charge in [-0.1, -0.05) is 49.6 Å². The van der Waals surface area contributed by atoms with Crippen molar-refractivity contribution in [1.82, 2.24) is 9.80 Å². The van der Waals surface area contributed by atoms with E-state index in [0.717, 1.165) is 57.1 Å². The lowest BCUT2D eigenvalue weighted by atomic mass is 9.70. The predicted octanol–water partition coefficient (Wildman–Crippen LogP) is 4.81. The maximum Gasteiger partial charge on any atom is 0.247 e. The van der Waals surface area contributed by atoms with Crippen LogP contribution in [0.25, 0.3) is 0 Å². The van der Waals surface area contributed by atoms with Crippen LogP contribution in [0.1, 0.15) is 64.2 Å². The lowest BCUT2D eigenvalue weighted by Gasteiger charge is -2.41. The summed E-state index contributed by atoms with van der Waals surface area (Å²) in [5.74, 6) is -1.05. The van der Waals surface area contributed by atoms with Gasteiger partial charge in [0.2, 0.25) is 17.7 Å². The number of unbranched alkanes of at least 4 members (excludes halogenated alkanes) is 2. The topological polar surface area (TPSA) is 81.2 Å². The summed E-state index contributed by atoms with van der Waals surface area (Å²) in [5, 5.41) is 9.34. The second kappa shape index (κ2) is 13.2. The molecule has 3 aliphatic heterocycles. The van der Waals surface area contributed by atoms with Crippen LogP contribution in [-0.4, -0.2) is 80.9 Å². The van der Waals surface area contributed by atoms with Crippen LogP contribution < -0.4 is 4.90 Å². The number of aliphatic hydroxyl groups excluding tert-OH is 1. The highest BCUT2D eigenvalue weighted by atomic mass is 32.2. The maximum absolute atomic E-state index is 14.7. The molecule has 1 N–H and O–H groups in total. The largest absolute Gasteiger partial charge is 0.396 e. The Morgan fingerprint density at radius 1 is 1.00 bits per heavy atom. The summed E-state index contributed by atoms with van der Waals surface area (Å²) in [5.41, 5.74) is 0.799. The monoisotopic (exact) mass is 579 g/mol. The number of anilines is 1. The number of fused-ring (bicyclic) bond motifs is 1. The summed E-state index contributed by atoms with van der Waals surface area (Å²) < 4.78 is -0.596. The number of nitrogens with zero attached hydrogens (tertiary/aromatic N) is 3. The Morgan fingerprint density at radius 2 is 1.73 bits per heavy atom. The SMILES string of the molecule is C=CCN(C(=O)[C@@H]1[C@H]2C(=O)N(CCCCCO)C(C(=O)N(CC=C)C3CCCCC3)C23CC[C@H]1S3)c1ccccc1. The minimum atomic E-state index is -0.596. The van der Waals surface area contributed by atoms with E-state index in [2.05, 4.69) is 13.2 Å². The standard InChI is InChI=1S/C33H45N3O4S/c1-3-20-34(24-14-8-5-9-15-24)30(38)27-26-18-19-33(41-26)28(27)31(39)36(22-12-7-13-23-37)29(33)32(40)35(21-4-2)25-16-10-6-11-17-25/h3-5,8-9,14-15,25-29,37H,1-2,6-7,10-13,16-23H2/t26-,27+,28+,29?,33?/m1/s1. The highest BCUT2D eigenvalue weighted by Crippen LogP contribution is 2.67. The molecule has 2 unspecified atom stereocenters. The first kappa shape index (κ1) is 29.9. The Morgan fingerprint density at radius 3 is 2.41 bits per heavy atom. The summed E-state index contributed by atoms with van der Waals surface area (Å²) in [6, 6.07) is 9.19. The van der Waals surface area contributed by atoms with Crippen molar-refractivity contribution < 1.29 is 19.5 Å². The minimum Gasteiger partial charge on any atom is -0.396 e. The van der Waals surface area contributed by atoms with E-state index in [1.807, 2.05) is 46.2 Å². The van der Waals surface area contributed by atoms with E-state index >= 15 is 0 Å². The van der Waals surface area contributed by atoms with Gasteiger partial charge in [-0.3, -0.25) is 14.4 Å². The summed E-state index contributed by atoms with van der Waals surface area (Å²) in [6.45, 7) is 9.28. The van der Waals surface area contributed by atoms with Crippen molar-refractivity contribution in [2.75, 3.05) is 31.1 Å². The van der Waals surface area contributed by atoms with Gasteiger partial charge >= 0.3 is 0 Å². The molecular weight excluding hydrogens is 534 g/mol. The third kappa shape index (κ3) is 5.50. The van der Waals surface area contributed by atoms with Crippen molar-refractivity contribution in [3.63, 3.8) is 0 Å². The van der Waals surface area contributed by atoms with E-state index in [1.54, 1.807) is 22.7 Å². The van der Waals surface area contributed by atoms with Crippen molar-refractivity contribution in [3.05, 3.63) is 55.6 Å². The molecule has 0 radical (unpaired) electrons. The molecule has 1 aliphatic carbocycles. The molecule has 1 spiro atoms. The molecule has 3 saturated heterocycles. The zero-order valence-electron chi connectivity index (χ0n) is 24.2. The maximum atomic E-state index is 14.7. The molecule has 1 saturated carbocycles. The molecule has 4 fully saturated rings. The first-order valence-corrected chi connectivity index (χ1v) is 16.3. The first-order valence-electron chi connectivity index (χ1n) is 15.5. The second-order valence-corrected chi connectivity index (χ2v) is 13.6. The van der Waals surface area contributed by atoms with Crippen molar-refractivity contribution >= 4 is 35.2 Å². The van der Waals surface area contributed by atoms with E-state index in [-0.39, 0.29) is 35.6 Å². The average molecular weight is 580 g/mol. The number of hydrogen-bond donors (Lipinski definition) is 1. The number of para-hydroxylation sites is 1. The number of aliphatic hydroxyl groups is 1. The van der Waals surface area contributed by atoms with Crippen molar-refractivity contribution in [1.29, 1.82) is 0 Å². The molecule has 8 heteroatoms. The van der Waals surface area contributed by atoms with Gasteiger partial charge < -0.3 is 19.8 Å². The number of rotatable bonds is 13. The van der Waals surface area contributed by atoms with Crippen molar-refractivity contribution in [2.24, 2.45) is 11.8 Å². The number of carbonyl (C=O) groups excluding carboxylic acids is 3. The average Bonchev–Trinajstić information content (AvgIpc) is 3.64. The quantitative estimate of drug-likeness (QED) is 0.268. The smallest absolute Gasteiger partial charge is 0.247 e. The number of hydrogen-bond acceptors (Lipinski definition) is 5. The van der Waals surface area contributed by atoms with Gasteiger partial charge in [-0.25, -0.2) is 0 Å². The fourth-order valence-electron chi connectivity index (χ4n) is 7.87. The van der Waals surface area contributed by atoms with Crippen LogP contribution in [-0.2, 0) is 14.4 Å². The van der Waals surface area contributed by atoms with Gasteiger partial charge in [-0.15, -0.1) is 24.9 Å². The molecule has 222 valence electrons. The molecule has 1 aromatic carbocycles. The van der Waals surface area contributed by atoms with Crippen LogP contribution in [0.3, 0.4) is 0 Å². The fourth-order valence-corrected chi connectivity index (χ4v) is 10.1. The molecular formula is C33H45N3O4S. The van der Waals surface area contributed by atoms with E-state index in [9.17, 15) is 19.5 Å². The van der Waals surface area contributed by atoms with Gasteiger partial charge in [0.05, 0.1) is 16.6 Å². The van der Waals surface area contributed by atoms with Crippen LogP contribution in [0.4, 0.5) is 5.69 Å². The lowest BCUT2D eigenvalue weighted by Crippen LogP contribution is -2.57. The Bertz CT molecular complexity index is 1120. The third-order valence-corrected chi connectivity index (χ3v) is 11.6. The molecule has 1 aromatic rings. The van der Waals surface area contributed by atoms with Gasteiger partial charge in [0.1, 0.15) is 6.04 Å². The molecule has 0 aromatic heterocycles. The highest BCUT2D eigenvalue weighted by Gasteiger charge is 2.74. The number of likely N-dealkylation sites (tertiary alicyclic amines) is 1. The number of benzene rings is 1. The van der Waals surface area contributed by atoms with Crippen molar-refractivity contribution in [2.45, 2.75) is 86.3 Å². The van der Waals surface area contributed by atoms with Crippen molar-refractivity contribution in [3.8, 4) is 0 Å². The van der Waals surface area contributed by atoms with Crippen LogP contribution in [0.5, 0.6) is 0 Å². The molecule has 3 heterocycles. The Labute approximate surface area is 249 Å². The zero-order valence-corrected chi connectivity index (χ0v) is 25.0. The lowest BCUT2D eigenvalue weighted by molar-refractivity contribution is -0.144. The molecule has 41 heavy (non-hydrogen) atoms. The van der Waals surface area contributed by atoms with E-state index in [1.165, 1.54) is 6.42 Å². The molecule has 7 nitrogen and oxygen atoms in total. The normalized spacial score (nSPS) is 28.9. The Hall–Kier alpha value is -2.58. The van der Waals surface area contributed by atoms with Gasteiger partial charge in [-0.2, -0.15) is 0 Å². The number of amides is 3. The number of carbonyl (C=O) groups is 3. The molecule has 5 atom stereocenters. The molecule has 2 bridgehead atoms. The summed E-state index contributed by atoms with van der Waals surface area (Å²) in [7, 11) is 0. The van der Waals surface area contributed by atoms with E-state index in [4.69, 9.17) is 0 Å². The third-order valence-electron chi connectivity index (χ3n) is 9.65. The summed E-state index contributed by atoms with van der Waals surface area (Å²) in [4.78, 5) is 49.0. The summed E-state index contributed by atoms with van der Waals surface area (Å²) >= 11 is 1.74. The predicted molar refractivity (Wildman–Crippen MR) is 165 cm³/mol. The van der Waals surface area contributed by atoms with Gasteiger partial charge in [0, 0.05) is 43.2 Å². The van der Waals surface area contributed by atoms with Gasteiger partial charge in [0.15, 0.2) is 0 Å². The fraction of sp³-hybridized carbons (Fsp3) is 0.606.